The lowest BCUT2D eigenvalue weighted by Crippen LogP contribution is -2.18. The van der Waals surface area contributed by atoms with Crippen LogP contribution in [0.15, 0.2) is 12.2 Å². The van der Waals surface area contributed by atoms with Crippen LogP contribution in [0, 0.1) is 0 Å². The van der Waals surface area contributed by atoms with Crippen molar-refractivity contribution >= 4 is 17.0 Å². The molecule has 2 atom stereocenters. The zero-order valence-corrected chi connectivity index (χ0v) is 10.0. The second kappa shape index (κ2) is 7.59. The fourth-order valence-corrected chi connectivity index (χ4v) is 1.81. The Morgan fingerprint density at radius 1 is 1.53 bits per heavy atom. The number of rotatable bonds is 7. The summed E-state index contributed by atoms with van der Waals surface area (Å²) < 4.78 is 24.6. The highest BCUT2D eigenvalue weighted by Gasteiger charge is 2.14. The summed E-state index contributed by atoms with van der Waals surface area (Å²) in [5.41, 5.74) is 0.340. The lowest BCUT2D eigenvalue weighted by Gasteiger charge is -2.11. The van der Waals surface area contributed by atoms with E-state index in [1.54, 1.807) is 6.92 Å². The molecule has 88 valence electrons. The summed E-state index contributed by atoms with van der Waals surface area (Å²) in [6.07, 6.45) is 1.91. The zero-order chi connectivity index (χ0) is 11.8. The largest absolute Gasteiger partial charge is 0.462 e. The normalized spacial score (nSPS) is 14.3. The van der Waals surface area contributed by atoms with Gasteiger partial charge in [-0.2, -0.15) is 0 Å². The van der Waals surface area contributed by atoms with Crippen molar-refractivity contribution in [2.24, 2.45) is 0 Å². The number of ether oxygens (including phenoxy) is 1. The Labute approximate surface area is 93.0 Å². The number of carbonyl (C=O) groups is 1. The van der Waals surface area contributed by atoms with E-state index in [4.69, 9.17) is 9.29 Å². The maximum atomic E-state index is 11.0. The number of carbonyl (C=O) groups excluding carboxylic acids is 1. The topological polar surface area (TPSA) is 63.6 Å². The minimum atomic E-state index is -1.84. The summed E-state index contributed by atoms with van der Waals surface area (Å²) >= 11 is -1.84. The van der Waals surface area contributed by atoms with E-state index in [2.05, 4.69) is 6.58 Å². The second-order valence-electron chi connectivity index (χ2n) is 3.39. The smallest absolute Gasteiger partial charge is 0.333 e. The van der Waals surface area contributed by atoms with Gasteiger partial charge in [-0.1, -0.05) is 19.9 Å². The highest BCUT2D eigenvalue weighted by Crippen LogP contribution is 2.09. The summed E-state index contributed by atoms with van der Waals surface area (Å²) in [4.78, 5) is 11.0. The van der Waals surface area contributed by atoms with Crippen LogP contribution in [0.2, 0.25) is 0 Å². The minimum absolute atomic E-state index is 0.169. The Morgan fingerprint density at radius 3 is 2.53 bits per heavy atom. The first-order valence-corrected chi connectivity index (χ1v) is 6.08. The van der Waals surface area contributed by atoms with Crippen LogP contribution >= 0.6 is 0 Å². The average Bonchev–Trinajstić information content (AvgIpc) is 2.15. The lowest BCUT2D eigenvalue weighted by atomic mass is 10.2. The average molecular weight is 234 g/mol. The molecule has 0 rings (SSSR count). The van der Waals surface area contributed by atoms with Crippen molar-refractivity contribution in [3.8, 4) is 0 Å². The zero-order valence-electron chi connectivity index (χ0n) is 9.19. The summed E-state index contributed by atoms with van der Waals surface area (Å²) in [6, 6.07) is 0. The third-order valence-corrected chi connectivity index (χ3v) is 2.96. The third kappa shape index (κ3) is 6.41. The molecular formula is C10H18O4S. The first kappa shape index (κ1) is 14.3. The third-order valence-electron chi connectivity index (χ3n) is 1.92. The van der Waals surface area contributed by atoms with Gasteiger partial charge in [0.1, 0.15) is 0 Å². The first-order chi connectivity index (χ1) is 6.99. The summed E-state index contributed by atoms with van der Waals surface area (Å²) in [7, 11) is 0. The summed E-state index contributed by atoms with van der Waals surface area (Å²) in [6.45, 7) is 7.12. The molecule has 0 saturated carbocycles. The van der Waals surface area contributed by atoms with Crippen LogP contribution in [0.3, 0.4) is 0 Å². The van der Waals surface area contributed by atoms with Gasteiger partial charge in [-0.05, 0) is 19.8 Å². The van der Waals surface area contributed by atoms with Gasteiger partial charge in [0, 0.05) is 5.57 Å². The molecule has 0 bridgehead atoms. The molecule has 15 heavy (non-hydrogen) atoms. The van der Waals surface area contributed by atoms with Crippen LogP contribution in [0.1, 0.15) is 33.1 Å². The van der Waals surface area contributed by atoms with Gasteiger partial charge in [-0.15, -0.1) is 0 Å². The molecule has 0 spiro atoms. The molecule has 0 radical (unpaired) electrons. The van der Waals surface area contributed by atoms with Gasteiger partial charge in [0.25, 0.3) is 0 Å². The van der Waals surface area contributed by atoms with Crippen LogP contribution in [-0.2, 0) is 20.6 Å². The monoisotopic (exact) mass is 234 g/mol. The molecule has 2 unspecified atom stereocenters. The quantitative estimate of drug-likeness (QED) is 0.415. The molecule has 0 amide bonds. The molecule has 0 aliphatic carbocycles. The summed E-state index contributed by atoms with van der Waals surface area (Å²) in [5.74, 6) is -0.450. The highest BCUT2D eigenvalue weighted by molar-refractivity contribution is 7.79. The van der Waals surface area contributed by atoms with Gasteiger partial charge < -0.3 is 9.29 Å². The molecule has 0 aromatic rings. The molecule has 4 nitrogen and oxygen atoms in total. The van der Waals surface area contributed by atoms with Crippen LogP contribution in [0.25, 0.3) is 0 Å². The standard InChI is InChI=1S/C10H18O4S/c1-4-5-9(15(12)13)6-7-14-10(11)8(2)3/h9H,2,4-7H2,1,3H3,(H,12,13). The van der Waals surface area contributed by atoms with E-state index in [9.17, 15) is 9.00 Å². The van der Waals surface area contributed by atoms with Crippen molar-refractivity contribution in [1.82, 2.24) is 0 Å². The van der Waals surface area contributed by atoms with Gasteiger partial charge in [-0.3, -0.25) is 0 Å². The maximum absolute atomic E-state index is 11.0. The Hall–Kier alpha value is -0.680. The van der Waals surface area contributed by atoms with E-state index < -0.39 is 17.0 Å². The van der Waals surface area contributed by atoms with Crippen molar-refractivity contribution in [1.29, 1.82) is 0 Å². The van der Waals surface area contributed by atoms with E-state index in [1.165, 1.54) is 0 Å². The highest BCUT2D eigenvalue weighted by atomic mass is 32.2. The molecule has 0 aromatic heterocycles. The molecule has 5 heteroatoms. The van der Waals surface area contributed by atoms with Crippen molar-refractivity contribution in [3.63, 3.8) is 0 Å². The number of hydrogen-bond acceptors (Lipinski definition) is 3. The van der Waals surface area contributed by atoms with Gasteiger partial charge in [0.15, 0.2) is 11.1 Å². The molecule has 0 aromatic carbocycles. The maximum Gasteiger partial charge on any atom is 0.333 e. The fourth-order valence-electron chi connectivity index (χ4n) is 1.07. The molecule has 0 saturated heterocycles. The predicted octanol–water partition coefficient (Wildman–Crippen LogP) is 1.89. The molecule has 0 heterocycles. The van der Waals surface area contributed by atoms with Gasteiger partial charge in [-0.25, -0.2) is 9.00 Å². The Balaban J connectivity index is 3.85. The van der Waals surface area contributed by atoms with Crippen LogP contribution in [0.5, 0.6) is 0 Å². The number of esters is 1. The SMILES string of the molecule is C=C(C)C(=O)OCCC(CCC)S(=O)O. The van der Waals surface area contributed by atoms with Crippen molar-refractivity contribution in [3.05, 3.63) is 12.2 Å². The predicted molar refractivity (Wildman–Crippen MR) is 59.9 cm³/mol. The minimum Gasteiger partial charge on any atom is -0.462 e. The van der Waals surface area contributed by atoms with Crippen molar-refractivity contribution < 1.29 is 18.3 Å². The molecule has 0 aliphatic heterocycles. The second-order valence-corrected chi connectivity index (χ2v) is 4.61. The summed E-state index contributed by atoms with van der Waals surface area (Å²) in [5, 5.41) is -0.312. The van der Waals surface area contributed by atoms with Crippen molar-refractivity contribution in [2.45, 2.75) is 38.4 Å². The molecular weight excluding hydrogens is 216 g/mol. The van der Waals surface area contributed by atoms with E-state index in [0.29, 0.717) is 18.4 Å². The van der Waals surface area contributed by atoms with Gasteiger partial charge in [0.2, 0.25) is 0 Å². The van der Waals surface area contributed by atoms with Crippen LogP contribution in [0.4, 0.5) is 0 Å². The van der Waals surface area contributed by atoms with E-state index in [1.807, 2.05) is 6.92 Å². The molecule has 1 N–H and O–H groups in total. The van der Waals surface area contributed by atoms with E-state index >= 15 is 0 Å². The van der Waals surface area contributed by atoms with Crippen molar-refractivity contribution in [2.75, 3.05) is 6.61 Å². The van der Waals surface area contributed by atoms with Gasteiger partial charge >= 0.3 is 5.97 Å². The van der Waals surface area contributed by atoms with Crippen LogP contribution < -0.4 is 0 Å². The molecule has 0 fully saturated rings. The Morgan fingerprint density at radius 2 is 2.13 bits per heavy atom. The molecule has 0 aliphatic rings. The fraction of sp³-hybridized carbons (Fsp3) is 0.700. The lowest BCUT2D eigenvalue weighted by molar-refractivity contribution is -0.139. The number of hydrogen-bond donors (Lipinski definition) is 1. The Kier molecular flexibility index (Phi) is 7.25. The Bertz CT molecular complexity index is 250. The van der Waals surface area contributed by atoms with Crippen LogP contribution in [-0.4, -0.2) is 26.6 Å². The first-order valence-electron chi connectivity index (χ1n) is 4.91. The van der Waals surface area contributed by atoms with E-state index in [0.717, 1.165) is 6.42 Å². The van der Waals surface area contributed by atoms with Gasteiger partial charge in [0.05, 0.1) is 11.9 Å². The van der Waals surface area contributed by atoms with E-state index in [-0.39, 0.29) is 11.9 Å².